The first-order chi connectivity index (χ1) is 7.84. The first kappa shape index (κ1) is 10.1. The molecule has 0 radical (unpaired) electrons. The van der Waals surface area contributed by atoms with Gasteiger partial charge in [0.05, 0.1) is 5.69 Å². The zero-order chi connectivity index (χ0) is 11.0. The van der Waals surface area contributed by atoms with Gasteiger partial charge in [0.2, 0.25) is 0 Å². The molecule has 1 aliphatic carbocycles. The molecule has 0 bridgehead atoms. The quantitative estimate of drug-likeness (QED) is 0.787. The van der Waals surface area contributed by atoms with Crippen molar-refractivity contribution in [2.45, 2.75) is 38.6 Å². The number of aromatic nitrogens is 1. The van der Waals surface area contributed by atoms with Crippen LogP contribution in [0.5, 0.6) is 0 Å². The lowest BCUT2D eigenvalue weighted by Gasteiger charge is -2.36. The monoisotopic (exact) mass is 218 g/mol. The lowest BCUT2D eigenvalue weighted by atomic mass is 9.78. The van der Waals surface area contributed by atoms with Gasteiger partial charge in [-0.15, -0.1) is 0 Å². The Balaban J connectivity index is 1.90. The van der Waals surface area contributed by atoms with Gasteiger partial charge in [-0.2, -0.15) is 0 Å². The van der Waals surface area contributed by atoms with Crippen molar-refractivity contribution in [1.29, 1.82) is 0 Å². The van der Waals surface area contributed by atoms with Crippen molar-refractivity contribution in [2.75, 3.05) is 6.54 Å². The van der Waals surface area contributed by atoms with Gasteiger partial charge < -0.3 is 9.84 Å². The van der Waals surface area contributed by atoms with Crippen molar-refractivity contribution >= 4 is 5.57 Å². The van der Waals surface area contributed by atoms with E-state index in [1.807, 2.05) is 13.0 Å². The van der Waals surface area contributed by atoms with Crippen LogP contribution < -0.4 is 5.32 Å². The SMILES string of the molecule is Cc1cc(C2=CCC[C@H]3CCCN[C@@H]23)on1. The number of allylic oxidation sites excluding steroid dienone is 1. The molecule has 3 rings (SSSR count). The summed E-state index contributed by atoms with van der Waals surface area (Å²) in [7, 11) is 0. The number of hydrogen-bond donors (Lipinski definition) is 1. The molecule has 16 heavy (non-hydrogen) atoms. The Labute approximate surface area is 95.9 Å². The van der Waals surface area contributed by atoms with Gasteiger partial charge in [-0.05, 0) is 45.1 Å². The maximum absolute atomic E-state index is 5.39. The highest BCUT2D eigenvalue weighted by molar-refractivity contribution is 5.67. The summed E-state index contributed by atoms with van der Waals surface area (Å²) < 4.78 is 5.39. The van der Waals surface area contributed by atoms with Crippen LogP contribution in [-0.2, 0) is 0 Å². The summed E-state index contributed by atoms with van der Waals surface area (Å²) in [5.74, 6) is 1.75. The van der Waals surface area contributed by atoms with E-state index in [2.05, 4.69) is 16.5 Å². The van der Waals surface area contributed by atoms with Crippen LogP contribution in [0.4, 0.5) is 0 Å². The lowest BCUT2D eigenvalue weighted by Crippen LogP contribution is -2.43. The first-order valence-corrected chi connectivity index (χ1v) is 6.22. The highest BCUT2D eigenvalue weighted by Crippen LogP contribution is 2.35. The predicted molar refractivity (Wildman–Crippen MR) is 63.0 cm³/mol. The molecule has 0 amide bonds. The van der Waals surface area contributed by atoms with Crippen molar-refractivity contribution < 1.29 is 4.52 Å². The van der Waals surface area contributed by atoms with Gasteiger partial charge in [-0.3, -0.25) is 0 Å². The molecule has 1 fully saturated rings. The molecule has 86 valence electrons. The van der Waals surface area contributed by atoms with Gasteiger partial charge in [0, 0.05) is 17.7 Å². The summed E-state index contributed by atoms with van der Waals surface area (Å²) in [6, 6.07) is 2.54. The molecule has 0 aromatic carbocycles. The molecular weight excluding hydrogens is 200 g/mol. The standard InChI is InChI=1S/C13H18N2O/c1-9-8-12(16-15-9)11-6-2-4-10-5-3-7-14-13(10)11/h6,8,10,13-14H,2-5,7H2,1H3/t10-,13+/m0/s1. The third kappa shape index (κ3) is 1.69. The number of rotatable bonds is 1. The molecule has 3 heteroatoms. The van der Waals surface area contributed by atoms with Crippen LogP contribution in [0.15, 0.2) is 16.7 Å². The fraction of sp³-hybridized carbons (Fsp3) is 0.615. The average molecular weight is 218 g/mol. The van der Waals surface area contributed by atoms with Crippen LogP contribution in [0.1, 0.15) is 37.1 Å². The molecule has 3 nitrogen and oxygen atoms in total. The van der Waals surface area contributed by atoms with Gasteiger partial charge in [0.25, 0.3) is 0 Å². The topological polar surface area (TPSA) is 38.1 Å². The van der Waals surface area contributed by atoms with Gasteiger partial charge in [0.1, 0.15) is 0 Å². The molecule has 2 heterocycles. The van der Waals surface area contributed by atoms with E-state index in [1.165, 1.54) is 31.3 Å². The third-order valence-electron chi connectivity index (χ3n) is 3.74. The summed E-state index contributed by atoms with van der Waals surface area (Å²) in [5, 5.41) is 7.61. The summed E-state index contributed by atoms with van der Waals surface area (Å²) in [6.07, 6.45) is 7.47. The first-order valence-electron chi connectivity index (χ1n) is 6.22. The third-order valence-corrected chi connectivity index (χ3v) is 3.74. The van der Waals surface area contributed by atoms with Crippen LogP contribution in [0.25, 0.3) is 5.57 Å². The summed E-state index contributed by atoms with van der Waals surface area (Å²) >= 11 is 0. The zero-order valence-electron chi connectivity index (χ0n) is 9.70. The Morgan fingerprint density at radius 3 is 3.19 bits per heavy atom. The van der Waals surface area contributed by atoms with E-state index in [0.717, 1.165) is 23.9 Å². The number of aryl methyl sites for hydroxylation is 1. The van der Waals surface area contributed by atoms with Crippen molar-refractivity contribution in [1.82, 2.24) is 10.5 Å². The second kappa shape index (κ2) is 4.06. The second-order valence-corrected chi connectivity index (χ2v) is 4.90. The average Bonchev–Trinajstić information content (AvgIpc) is 2.75. The minimum absolute atomic E-state index is 0.495. The predicted octanol–water partition coefficient (Wildman–Crippen LogP) is 2.53. The van der Waals surface area contributed by atoms with E-state index in [9.17, 15) is 0 Å². The summed E-state index contributed by atoms with van der Waals surface area (Å²) in [4.78, 5) is 0. The van der Waals surface area contributed by atoms with E-state index in [0.29, 0.717) is 6.04 Å². The minimum atomic E-state index is 0.495. The molecule has 2 atom stereocenters. The number of piperidine rings is 1. The van der Waals surface area contributed by atoms with Gasteiger partial charge >= 0.3 is 0 Å². The maximum atomic E-state index is 5.39. The smallest absolute Gasteiger partial charge is 0.164 e. The van der Waals surface area contributed by atoms with Gasteiger partial charge in [0.15, 0.2) is 5.76 Å². The van der Waals surface area contributed by atoms with Gasteiger partial charge in [-0.1, -0.05) is 11.2 Å². The number of hydrogen-bond acceptors (Lipinski definition) is 3. The molecule has 0 saturated carbocycles. The van der Waals surface area contributed by atoms with Crippen molar-refractivity contribution in [3.8, 4) is 0 Å². The summed E-state index contributed by atoms with van der Waals surface area (Å²) in [6.45, 7) is 3.10. The number of nitrogens with zero attached hydrogens (tertiary/aromatic N) is 1. The Bertz CT molecular complexity index is 408. The molecule has 1 aromatic rings. The van der Waals surface area contributed by atoms with Crippen LogP contribution in [0.2, 0.25) is 0 Å². The lowest BCUT2D eigenvalue weighted by molar-refractivity contribution is 0.297. The molecular formula is C13H18N2O. The number of nitrogens with one attached hydrogen (secondary N) is 1. The number of fused-ring (bicyclic) bond motifs is 1. The molecule has 0 spiro atoms. The Morgan fingerprint density at radius 1 is 1.44 bits per heavy atom. The molecule has 1 saturated heterocycles. The Kier molecular flexibility index (Phi) is 2.56. The second-order valence-electron chi connectivity index (χ2n) is 4.90. The van der Waals surface area contributed by atoms with E-state index in [4.69, 9.17) is 4.52 Å². The largest absolute Gasteiger partial charge is 0.356 e. The zero-order valence-corrected chi connectivity index (χ0v) is 9.70. The van der Waals surface area contributed by atoms with Crippen molar-refractivity contribution in [2.24, 2.45) is 5.92 Å². The fourth-order valence-corrected chi connectivity index (χ4v) is 2.96. The molecule has 1 aromatic heterocycles. The van der Waals surface area contributed by atoms with Crippen LogP contribution >= 0.6 is 0 Å². The van der Waals surface area contributed by atoms with E-state index in [1.54, 1.807) is 0 Å². The Morgan fingerprint density at radius 2 is 2.38 bits per heavy atom. The highest BCUT2D eigenvalue weighted by atomic mass is 16.5. The van der Waals surface area contributed by atoms with Gasteiger partial charge in [-0.25, -0.2) is 0 Å². The fourth-order valence-electron chi connectivity index (χ4n) is 2.96. The van der Waals surface area contributed by atoms with Crippen molar-refractivity contribution in [3.05, 3.63) is 23.6 Å². The molecule has 1 N–H and O–H groups in total. The normalized spacial score (nSPS) is 29.7. The van der Waals surface area contributed by atoms with Crippen LogP contribution in [0, 0.1) is 12.8 Å². The van der Waals surface area contributed by atoms with Crippen molar-refractivity contribution in [3.63, 3.8) is 0 Å². The van der Waals surface area contributed by atoms with E-state index in [-0.39, 0.29) is 0 Å². The summed E-state index contributed by atoms with van der Waals surface area (Å²) in [5.41, 5.74) is 2.30. The molecule has 1 aliphatic heterocycles. The van der Waals surface area contributed by atoms with Crippen LogP contribution in [-0.4, -0.2) is 17.7 Å². The molecule has 0 unspecified atom stereocenters. The minimum Gasteiger partial charge on any atom is -0.356 e. The van der Waals surface area contributed by atoms with E-state index >= 15 is 0 Å². The van der Waals surface area contributed by atoms with E-state index < -0.39 is 0 Å². The molecule has 2 aliphatic rings. The Hall–Kier alpha value is -1.09. The maximum Gasteiger partial charge on any atom is 0.164 e. The highest BCUT2D eigenvalue weighted by Gasteiger charge is 2.31. The van der Waals surface area contributed by atoms with Crippen LogP contribution in [0.3, 0.4) is 0 Å².